The van der Waals surface area contributed by atoms with Crippen molar-refractivity contribution in [1.82, 2.24) is 0 Å². The number of thiazole rings is 3. The second-order valence-electron chi connectivity index (χ2n) is 32.0. The zero-order valence-electron chi connectivity index (χ0n) is 74.4. The standard InChI is InChI=1S/C34H39N2O2S4.C33H31N2O2S6.C30H34N2O8S6/c1-7-35-29-21-27(42(6)37)15-17-31(29)39-32(35)13-11-9-10-12-24-18-25(23-34(3,4)22-24)19-33-36(8-2)28-20-26(41-38-5)14-16-30(28)40-33;1-4-5-8-23(11-17-30-34(2)26-21-24(13-15-28(26)40-30)42(36)32-9-6-19-38-32)12-18-31-35(3)27-22-25(14-16-29(27)41-31)43(37)33-10-7-20-39-33;1-40-43-23-8-10-27-25(19-23)31(12-4-14-45(34,35)36)29(41-27)17-21-6-3-7-22(16-21)18-30-32(13-5-15-46(37,38)39)26-20-24(44(2)33)9-11-28(26)42-30/h9-21H,7-8,22-23H2,1-6H3;6-7,9-22H,4-5,8H2,1-3H3;8-11,16-20H,3-7,12-15H2,1-2H3,(H-,34,35,36,37,38,39)/q2*+1;. The van der Waals surface area contributed by atoms with Gasteiger partial charge < -0.3 is 27.6 Å². The van der Waals surface area contributed by atoms with Crippen molar-refractivity contribution >= 4 is 245 Å². The van der Waals surface area contributed by atoms with E-state index in [1.807, 2.05) is 106 Å². The molecule has 8 heterocycles. The number of aryl methyl sites for hydroxylation is 3. The summed E-state index contributed by atoms with van der Waals surface area (Å²) in [6.45, 7) is 13.9. The van der Waals surface area contributed by atoms with Gasteiger partial charge >= 0.3 is 0 Å². The van der Waals surface area contributed by atoms with Crippen LogP contribution < -0.4 is 28.4 Å². The fraction of sp³-hybridized carbons (Fsp3) is 0.289. The van der Waals surface area contributed by atoms with E-state index < -0.39 is 69.2 Å². The number of thioether (sulfide) groups is 3. The average Bonchev–Trinajstić information content (AvgIpc) is 1.64. The molecule has 0 fully saturated rings. The lowest BCUT2D eigenvalue weighted by Gasteiger charge is -2.31. The van der Waals surface area contributed by atoms with Crippen molar-refractivity contribution in [3.8, 4) is 0 Å². The van der Waals surface area contributed by atoms with Crippen molar-refractivity contribution in [1.29, 1.82) is 0 Å². The van der Waals surface area contributed by atoms with Crippen LogP contribution in [0.4, 0.5) is 17.1 Å². The van der Waals surface area contributed by atoms with Crippen LogP contribution in [0.25, 0.3) is 48.9 Å². The van der Waals surface area contributed by atoms with Gasteiger partial charge in [0.15, 0.2) is 6.54 Å². The van der Waals surface area contributed by atoms with Gasteiger partial charge in [0.25, 0.3) is 25.1 Å². The largest absolute Gasteiger partial charge is 0.748 e. The third kappa shape index (κ3) is 26.0. The van der Waals surface area contributed by atoms with E-state index in [2.05, 4.69) is 212 Å². The third-order valence-corrected chi connectivity index (χ3v) is 38.6. The SMILES string of the molecule is CCCCC(/C=C/c1sc2ccc(S(=O)c3cccs3)cc2[n+]1C)=C\C=C1/Sc2ccc(S(=O)c3cccs3)cc2N1C.CCN1C(=CC2=CC(=CC=CC=Cc3sc4ccc(S(C)=O)cc4[n+]3CC)CC(C)(C)C2)Sc2ccc(SOC)cc21.COSc1ccc2sc(C=C3C=C(/C=C4\Sc5ccc(S(C)=O)cc5N4CCCS(=O)(=O)O)CCC3)[n+](CCCS(=O)(=O)[O-])c2c1. The number of allylic oxidation sites excluding steroid dienone is 16. The van der Waals surface area contributed by atoms with E-state index in [0.717, 1.165) is 166 Å². The number of fused-ring (bicyclic) bond motifs is 6. The fourth-order valence-corrected chi connectivity index (χ4v) is 29.6. The number of anilines is 3. The highest BCUT2D eigenvalue weighted by molar-refractivity contribution is 8.04. The first-order chi connectivity index (χ1) is 62.9. The van der Waals surface area contributed by atoms with Crippen LogP contribution in [0.5, 0.6) is 0 Å². The van der Waals surface area contributed by atoms with E-state index in [9.17, 15) is 42.8 Å². The summed E-state index contributed by atoms with van der Waals surface area (Å²) < 4.78 is 139. The van der Waals surface area contributed by atoms with Gasteiger partial charge in [-0.25, -0.2) is 16.8 Å². The molecule has 2 aliphatic carbocycles. The zero-order valence-corrected chi connectivity index (χ0v) is 87.5. The monoisotopic (exact) mass is 2060 g/mol. The molecule has 688 valence electrons. The normalized spacial score (nSPS) is 17.8. The first-order valence-corrected chi connectivity index (χ1v) is 59.3. The summed E-state index contributed by atoms with van der Waals surface area (Å²) in [6, 6.07) is 44.3. The lowest BCUT2D eigenvalue weighted by atomic mass is 9.75. The molecule has 4 unspecified atom stereocenters. The number of benzene rings is 6. The fourth-order valence-electron chi connectivity index (χ4n) is 15.8. The Labute approximate surface area is 820 Å². The molecule has 11 aromatic rings. The minimum absolute atomic E-state index is 0.200. The predicted molar refractivity (Wildman–Crippen MR) is 555 cm³/mol. The van der Waals surface area contributed by atoms with Gasteiger partial charge in [-0.2, -0.15) is 22.1 Å². The van der Waals surface area contributed by atoms with Crippen molar-refractivity contribution in [2.24, 2.45) is 12.5 Å². The number of aromatic nitrogens is 3. The average molecular weight is 2060 g/mol. The Balaban J connectivity index is 0.000000158. The van der Waals surface area contributed by atoms with Crippen molar-refractivity contribution in [2.75, 3.05) is 73.1 Å². The smallest absolute Gasteiger partial charge is 0.264 e. The minimum atomic E-state index is -4.33. The minimum Gasteiger partial charge on any atom is -0.748 e. The van der Waals surface area contributed by atoms with Crippen LogP contribution in [0, 0.1) is 5.41 Å². The highest BCUT2D eigenvalue weighted by atomic mass is 32.2. The van der Waals surface area contributed by atoms with Crippen LogP contribution in [-0.4, -0.2) is 101 Å². The molecule has 0 radical (unpaired) electrons. The van der Waals surface area contributed by atoms with E-state index in [0.29, 0.717) is 18.0 Å². The molecule has 18 nitrogen and oxygen atoms in total. The van der Waals surface area contributed by atoms with Gasteiger partial charge in [0, 0.05) is 155 Å². The molecule has 5 aromatic heterocycles. The van der Waals surface area contributed by atoms with Crippen LogP contribution in [-0.2, 0) is 91.9 Å². The zero-order chi connectivity index (χ0) is 92.8. The molecule has 6 aromatic carbocycles. The molecule has 34 heteroatoms. The first kappa shape index (κ1) is 100.0. The molecule has 1 N–H and O–H groups in total. The number of rotatable bonds is 32. The highest BCUT2D eigenvalue weighted by Gasteiger charge is 2.32. The molecule has 131 heavy (non-hydrogen) atoms. The summed E-state index contributed by atoms with van der Waals surface area (Å²) in [7, 11) is -5.45. The molecule has 4 atom stereocenters. The van der Waals surface area contributed by atoms with Crippen molar-refractivity contribution in [3.63, 3.8) is 0 Å². The summed E-state index contributed by atoms with van der Waals surface area (Å²) in [6.07, 6.45) is 42.7. The van der Waals surface area contributed by atoms with Gasteiger partial charge in [-0.05, 0) is 231 Å². The van der Waals surface area contributed by atoms with Crippen LogP contribution in [0.1, 0.15) is 114 Å². The van der Waals surface area contributed by atoms with Gasteiger partial charge in [0.2, 0.25) is 16.6 Å². The van der Waals surface area contributed by atoms with Gasteiger partial charge in [0.1, 0.15) is 27.7 Å². The van der Waals surface area contributed by atoms with Gasteiger partial charge in [-0.15, -0.1) is 22.7 Å². The topological polar surface area (TPSA) is 220 Å². The maximum atomic E-state index is 13.0. The maximum Gasteiger partial charge on any atom is 0.264 e. The highest BCUT2D eigenvalue weighted by Crippen LogP contribution is 2.52. The second-order valence-corrected chi connectivity index (χ2v) is 51.5. The summed E-state index contributed by atoms with van der Waals surface area (Å²) in [5.41, 5.74) is 12.8. The summed E-state index contributed by atoms with van der Waals surface area (Å²) in [5, 5.41) is 10.6. The molecule has 0 bridgehead atoms. The lowest BCUT2D eigenvalue weighted by molar-refractivity contribution is -0.668. The third-order valence-electron chi connectivity index (χ3n) is 21.9. The number of hydrogen-bond acceptors (Lipinski definition) is 24. The summed E-state index contributed by atoms with van der Waals surface area (Å²) in [4.78, 5) is 15.3. The molecule has 0 saturated heterocycles. The Hall–Kier alpha value is -6.98. The van der Waals surface area contributed by atoms with Crippen LogP contribution in [0.2, 0.25) is 0 Å². The van der Waals surface area contributed by atoms with Crippen molar-refractivity contribution in [3.05, 3.63) is 269 Å². The number of nitrogens with zero attached hydrogens (tertiary/aromatic N) is 6. The van der Waals surface area contributed by atoms with Crippen molar-refractivity contribution in [2.45, 2.75) is 164 Å². The van der Waals surface area contributed by atoms with Crippen LogP contribution in [0.3, 0.4) is 0 Å². The molecular weight excluding hydrogens is 1950 g/mol. The summed E-state index contributed by atoms with van der Waals surface area (Å²) in [5.74, 6) is -0.790. The van der Waals surface area contributed by atoms with Gasteiger partial charge in [0.05, 0.1) is 108 Å². The van der Waals surface area contributed by atoms with Gasteiger partial charge in [-0.1, -0.05) is 157 Å². The van der Waals surface area contributed by atoms with Gasteiger partial charge in [-0.3, -0.25) is 13.0 Å². The molecular formula is C97H104N6O12S16+2. The first-order valence-electron chi connectivity index (χ1n) is 42.6. The Morgan fingerprint density at radius 2 is 1.15 bits per heavy atom. The van der Waals surface area contributed by atoms with E-state index in [1.165, 1.54) is 98.4 Å². The van der Waals surface area contributed by atoms with Crippen LogP contribution in [0.15, 0.2) is 306 Å². The second kappa shape index (κ2) is 45.8. The molecule has 5 aliphatic rings. The molecule has 0 amide bonds. The predicted octanol–water partition coefficient (Wildman–Crippen LogP) is 24.5. The Morgan fingerprint density at radius 1 is 0.580 bits per heavy atom. The van der Waals surface area contributed by atoms with Crippen LogP contribution >= 0.6 is 116 Å². The quantitative estimate of drug-likeness (QED) is 0.0179. The Morgan fingerprint density at radius 3 is 1.82 bits per heavy atom. The molecule has 3 aliphatic heterocycles. The molecule has 16 rings (SSSR count). The Bertz CT molecular complexity index is 6800. The van der Waals surface area contributed by atoms with E-state index in [4.69, 9.17) is 8.37 Å². The molecule has 0 saturated carbocycles. The number of hydrogen-bond donors (Lipinski definition) is 1. The van der Waals surface area contributed by atoms with E-state index >= 15 is 0 Å². The number of thiophene rings is 2. The Kier molecular flexibility index (Phi) is 34.9. The lowest BCUT2D eigenvalue weighted by Crippen LogP contribution is -2.36. The number of unbranched alkanes of at least 4 members (excludes halogenated alkanes) is 1. The van der Waals surface area contributed by atoms with Crippen molar-refractivity contribution < 1.29 is 64.8 Å². The summed E-state index contributed by atoms with van der Waals surface area (Å²) >= 11 is 16.0. The maximum absolute atomic E-state index is 13.0. The van der Waals surface area contributed by atoms with E-state index in [1.54, 1.807) is 84.3 Å². The van der Waals surface area contributed by atoms with E-state index in [-0.39, 0.29) is 24.0 Å². The molecule has 0 spiro atoms.